The van der Waals surface area contributed by atoms with Crippen LogP contribution < -0.4 is 0 Å². The van der Waals surface area contributed by atoms with Crippen LogP contribution in [0, 0.1) is 0 Å². The molecule has 0 bridgehead atoms. The monoisotopic (exact) mass is 179 g/mol. The first-order valence-corrected chi connectivity index (χ1v) is 4.42. The van der Waals surface area contributed by atoms with Crippen LogP contribution in [0.4, 0.5) is 0 Å². The van der Waals surface area contributed by atoms with Crippen molar-refractivity contribution < 1.29 is 4.79 Å². The van der Waals surface area contributed by atoms with Crippen LogP contribution in [0.3, 0.4) is 0 Å². The number of hydrogen-bond donors (Lipinski definition) is 0. The summed E-state index contributed by atoms with van der Waals surface area (Å²) in [7, 11) is 0. The molecule has 3 heteroatoms. The van der Waals surface area contributed by atoms with Gasteiger partial charge in [-0.15, -0.1) is 11.3 Å². The molecular formula is C9H9NOS. The van der Waals surface area contributed by atoms with E-state index in [0.717, 1.165) is 0 Å². The molecule has 0 radical (unpaired) electrons. The summed E-state index contributed by atoms with van der Waals surface area (Å²) < 4.78 is 0. The van der Waals surface area contributed by atoms with Gasteiger partial charge in [-0.05, 0) is 12.5 Å². The Balaban J connectivity index is 2.86. The molecule has 1 aromatic rings. The molecule has 0 saturated heterocycles. The van der Waals surface area contributed by atoms with Crippen molar-refractivity contribution in [2.24, 2.45) is 0 Å². The van der Waals surface area contributed by atoms with E-state index in [1.165, 1.54) is 11.3 Å². The Morgan fingerprint density at radius 3 is 3.00 bits per heavy atom. The highest BCUT2D eigenvalue weighted by atomic mass is 32.1. The number of rotatable bonds is 3. The third kappa shape index (κ3) is 1.89. The standard InChI is InChI=1S/C9H9NOS/c1-3-4-7(2)9(11)8-5-12-6-10-8/h3-6H,1H2,2H3/b7-4+. The highest BCUT2D eigenvalue weighted by molar-refractivity contribution is 7.07. The van der Waals surface area contributed by atoms with E-state index in [9.17, 15) is 4.79 Å². The largest absolute Gasteiger partial charge is 0.287 e. The number of nitrogens with zero attached hydrogens (tertiary/aromatic N) is 1. The molecule has 0 aliphatic carbocycles. The summed E-state index contributed by atoms with van der Waals surface area (Å²) in [5, 5.41) is 1.74. The molecule has 1 aromatic heterocycles. The smallest absolute Gasteiger partial charge is 0.207 e. The third-order valence-electron chi connectivity index (χ3n) is 1.39. The van der Waals surface area contributed by atoms with Gasteiger partial charge in [0.2, 0.25) is 5.78 Å². The minimum atomic E-state index is -0.0313. The van der Waals surface area contributed by atoms with Crippen molar-refractivity contribution in [3.05, 3.63) is 40.9 Å². The molecule has 0 aliphatic rings. The van der Waals surface area contributed by atoms with Crippen LogP contribution in [0.5, 0.6) is 0 Å². The van der Waals surface area contributed by atoms with Gasteiger partial charge in [0.25, 0.3) is 0 Å². The van der Waals surface area contributed by atoms with Crippen LogP contribution >= 0.6 is 11.3 Å². The lowest BCUT2D eigenvalue weighted by Gasteiger charge is -1.93. The zero-order valence-corrected chi connectivity index (χ0v) is 7.60. The van der Waals surface area contributed by atoms with Crippen LogP contribution in [0.15, 0.2) is 35.2 Å². The Morgan fingerprint density at radius 1 is 1.75 bits per heavy atom. The van der Waals surface area contributed by atoms with Crippen LogP contribution in [0.25, 0.3) is 0 Å². The first-order chi connectivity index (χ1) is 5.75. The van der Waals surface area contributed by atoms with E-state index in [1.807, 2.05) is 0 Å². The average Bonchev–Trinajstić information content (AvgIpc) is 2.55. The Morgan fingerprint density at radius 2 is 2.50 bits per heavy atom. The number of carbonyl (C=O) groups excluding carboxylic acids is 1. The van der Waals surface area contributed by atoms with Gasteiger partial charge in [-0.2, -0.15) is 0 Å². The maximum Gasteiger partial charge on any atom is 0.207 e. The lowest BCUT2D eigenvalue weighted by atomic mass is 10.1. The van der Waals surface area contributed by atoms with Crippen LogP contribution in [-0.4, -0.2) is 10.8 Å². The summed E-state index contributed by atoms with van der Waals surface area (Å²) >= 11 is 1.42. The van der Waals surface area contributed by atoms with E-state index in [4.69, 9.17) is 0 Å². The molecule has 0 amide bonds. The lowest BCUT2D eigenvalue weighted by Crippen LogP contribution is -1.99. The van der Waals surface area contributed by atoms with Gasteiger partial charge in [0.15, 0.2) is 0 Å². The van der Waals surface area contributed by atoms with Gasteiger partial charge >= 0.3 is 0 Å². The third-order valence-corrected chi connectivity index (χ3v) is 1.98. The zero-order chi connectivity index (χ0) is 8.97. The van der Waals surface area contributed by atoms with Crippen molar-refractivity contribution in [1.29, 1.82) is 0 Å². The van der Waals surface area contributed by atoms with Crippen molar-refractivity contribution in [3.8, 4) is 0 Å². The van der Waals surface area contributed by atoms with Gasteiger partial charge in [0, 0.05) is 5.38 Å². The summed E-state index contributed by atoms with van der Waals surface area (Å²) in [6.07, 6.45) is 3.28. The van der Waals surface area contributed by atoms with Gasteiger partial charge in [-0.3, -0.25) is 4.79 Å². The molecule has 1 rings (SSSR count). The molecule has 2 nitrogen and oxygen atoms in total. The molecule has 0 unspecified atom stereocenters. The number of hydrogen-bond acceptors (Lipinski definition) is 3. The van der Waals surface area contributed by atoms with Crippen molar-refractivity contribution in [2.75, 3.05) is 0 Å². The summed E-state index contributed by atoms with van der Waals surface area (Å²) in [6.45, 7) is 5.27. The van der Waals surface area contributed by atoms with E-state index < -0.39 is 0 Å². The van der Waals surface area contributed by atoms with E-state index in [2.05, 4.69) is 11.6 Å². The predicted octanol–water partition coefficient (Wildman–Crippen LogP) is 2.46. The summed E-state index contributed by atoms with van der Waals surface area (Å²) in [4.78, 5) is 15.3. The first kappa shape index (κ1) is 8.87. The molecule has 0 saturated carbocycles. The maximum atomic E-state index is 11.4. The molecule has 0 spiro atoms. The quantitative estimate of drug-likeness (QED) is 0.405. The number of aromatic nitrogens is 1. The van der Waals surface area contributed by atoms with Crippen molar-refractivity contribution >= 4 is 17.1 Å². The fourth-order valence-electron chi connectivity index (χ4n) is 0.779. The lowest BCUT2D eigenvalue weighted by molar-refractivity contribution is 0.103. The highest BCUT2D eigenvalue weighted by Crippen LogP contribution is 2.07. The van der Waals surface area contributed by atoms with Crippen molar-refractivity contribution in [1.82, 2.24) is 4.98 Å². The zero-order valence-electron chi connectivity index (χ0n) is 6.78. The number of thiazole rings is 1. The molecule has 12 heavy (non-hydrogen) atoms. The normalized spacial score (nSPS) is 11.2. The van der Waals surface area contributed by atoms with Crippen LogP contribution in [-0.2, 0) is 0 Å². The second kappa shape index (κ2) is 3.97. The number of carbonyl (C=O) groups is 1. The van der Waals surface area contributed by atoms with Gasteiger partial charge in [-0.1, -0.05) is 18.7 Å². The molecule has 0 fully saturated rings. The fraction of sp³-hybridized carbons (Fsp3) is 0.111. The van der Waals surface area contributed by atoms with E-state index >= 15 is 0 Å². The molecule has 0 atom stereocenters. The van der Waals surface area contributed by atoms with Crippen molar-refractivity contribution in [3.63, 3.8) is 0 Å². The number of allylic oxidation sites excluding steroid dienone is 3. The Bertz CT molecular complexity index is 311. The SMILES string of the molecule is C=C/C=C(\C)C(=O)c1cscn1. The number of Topliss-reactive ketones (excluding diaryl/α,β-unsaturated/α-hetero) is 1. The summed E-state index contributed by atoms with van der Waals surface area (Å²) in [6, 6.07) is 0. The summed E-state index contributed by atoms with van der Waals surface area (Å²) in [5.41, 5.74) is 2.82. The molecule has 1 heterocycles. The second-order valence-electron chi connectivity index (χ2n) is 2.29. The minimum Gasteiger partial charge on any atom is -0.287 e. The Hall–Kier alpha value is -1.22. The topological polar surface area (TPSA) is 30.0 Å². The van der Waals surface area contributed by atoms with Crippen LogP contribution in [0.2, 0.25) is 0 Å². The predicted molar refractivity (Wildman–Crippen MR) is 50.4 cm³/mol. The molecule has 0 aromatic carbocycles. The van der Waals surface area contributed by atoms with Crippen molar-refractivity contribution in [2.45, 2.75) is 6.92 Å². The molecule has 0 N–H and O–H groups in total. The second-order valence-corrected chi connectivity index (χ2v) is 3.01. The Labute approximate surface area is 75.3 Å². The van der Waals surface area contributed by atoms with E-state index in [1.54, 1.807) is 30.0 Å². The van der Waals surface area contributed by atoms with Crippen LogP contribution in [0.1, 0.15) is 17.4 Å². The first-order valence-electron chi connectivity index (χ1n) is 3.48. The average molecular weight is 179 g/mol. The number of ketones is 1. The molecule has 62 valence electrons. The summed E-state index contributed by atoms with van der Waals surface area (Å²) in [5.74, 6) is -0.0313. The molecular weight excluding hydrogens is 170 g/mol. The fourth-order valence-corrected chi connectivity index (χ4v) is 1.31. The van der Waals surface area contributed by atoms with Gasteiger partial charge < -0.3 is 0 Å². The van der Waals surface area contributed by atoms with Gasteiger partial charge in [-0.25, -0.2) is 4.98 Å². The van der Waals surface area contributed by atoms with E-state index in [-0.39, 0.29) is 5.78 Å². The Kier molecular flexibility index (Phi) is 2.94. The van der Waals surface area contributed by atoms with E-state index in [0.29, 0.717) is 11.3 Å². The highest BCUT2D eigenvalue weighted by Gasteiger charge is 2.08. The maximum absolute atomic E-state index is 11.4. The molecule has 0 aliphatic heterocycles. The van der Waals surface area contributed by atoms with Gasteiger partial charge in [0.05, 0.1) is 5.51 Å². The minimum absolute atomic E-state index is 0.0313. The van der Waals surface area contributed by atoms with Gasteiger partial charge in [0.1, 0.15) is 5.69 Å².